The Morgan fingerprint density at radius 2 is 1.42 bits per heavy atom. The Morgan fingerprint density at radius 1 is 0.917 bits per heavy atom. The van der Waals surface area contributed by atoms with Crippen molar-refractivity contribution in [3.8, 4) is 0 Å². The molecule has 24 heavy (non-hydrogen) atoms. The highest BCUT2D eigenvalue weighted by Gasteiger charge is 2.44. The summed E-state index contributed by atoms with van der Waals surface area (Å²) in [5.41, 5.74) is 2.12. The van der Waals surface area contributed by atoms with Crippen LogP contribution in [0.4, 0.5) is 0 Å². The van der Waals surface area contributed by atoms with E-state index < -0.39 is 0 Å². The summed E-state index contributed by atoms with van der Waals surface area (Å²) in [7, 11) is 6.38. The highest BCUT2D eigenvalue weighted by molar-refractivity contribution is 5.94. The van der Waals surface area contributed by atoms with Crippen LogP contribution in [0.25, 0.3) is 0 Å². The molecule has 3 nitrogen and oxygen atoms in total. The summed E-state index contributed by atoms with van der Waals surface area (Å²) in [4.78, 5) is 17.2. The number of amides is 1. The maximum Gasteiger partial charge on any atom is 0.253 e. The highest BCUT2D eigenvalue weighted by Crippen LogP contribution is 2.46. The minimum absolute atomic E-state index is 0.180. The Balaban J connectivity index is 1.61. The lowest BCUT2D eigenvalue weighted by atomic mass is 10.0. The third-order valence-corrected chi connectivity index (χ3v) is 6.39. The smallest absolute Gasteiger partial charge is 0.253 e. The number of rotatable bonds is 4. The zero-order valence-corrected chi connectivity index (χ0v) is 15.8. The molecule has 2 aliphatic rings. The van der Waals surface area contributed by atoms with Crippen LogP contribution in [0.1, 0.15) is 61.4 Å². The summed E-state index contributed by atoms with van der Waals surface area (Å²) in [5.74, 6) is 2.30. The molecule has 1 aromatic carbocycles. The third-order valence-electron chi connectivity index (χ3n) is 6.39. The Labute approximate surface area is 147 Å². The number of hydrogen-bond acceptors (Lipinski definition) is 2. The van der Waals surface area contributed by atoms with Gasteiger partial charge in [-0.1, -0.05) is 26.0 Å². The molecule has 0 aromatic heterocycles. The lowest BCUT2D eigenvalue weighted by Gasteiger charge is -2.27. The standard InChI is InChI=1S/C21H32N2O/c1-14(2)15-6-8-16(9-7-15)21(24)23(5)20-12-17-10-19(22(3)4)11-18(17)13-20/h6-9,14,17-20H,10-13H2,1-5H3/t17-,18+,19?,20?. The van der Waals surface area contributed by atoms with Gasteiger partial charge in [-0.25, -0.2) is 0 Å². The molecular formula is C21H32N2O. The zero-order valence-electron chi connectivity index (χ0n) is 15.8. The zero-order chi connectivity index (χ0) is 17.4. The van der Waals surface area contributed by atoms with Crippen LogP contribution in [0.5, 0.6) is 0 Å². The maximum atomic E-state index is 12.8. The van der Waals surface area contributed by atoms with E-state index >= 15 is 0 Å². The summed E-state index contributed by atoms with van der Waals surface area (Å²) < 4.78 is 0. The van der Waals surface area contributed by atoms with Crippen molar-refractivity contribution in [3.05, 3.63) is 35.4 Å². The Bertz CT molecular complexity index is 564. The van der Waals surface area contributed by atoms with Gasteiger partial charge in [0.05, 0.1) is 0 Å². The molecule has 0 saturated heterocycles. The van der Waals surface area contributed by atoms with E-state index in [9.17, 15) is 4.79 Å². The number of hydrogen-bond donors (Lipinski definition) is 0. The first kappa shape index (κ1) is 17.5. The molecule has 0 heterocycles. The molecule has 3 heteroatoms. The molecule has 2 aliphatic carbocycles. The van der Waals surface area contributed by atoms with E-state index in [0.29, 0.717) is 12.0 Å². The highest BCUT2D eigenvalue weighted by atomic mass is 16.2. The number of carbonyl (C=O) groups excluding carboxylic acids is 1. The molecule has 0 spiro atoms. The molecule has 4 atom stereocenters. The first-order valence-electron chi connectivity index (χ1n) is 9.40. The fourth-order valence-corrected chi connectivity index (χ4v) is 4.67. The Hall–Kier alpha value is -1.35. The van der Waals surface area contributed by atoms with Crippen molar-refractivity contribution in [2.45, 2.75) is 57.5 Å². The lowest BCUT2D eigenvalue weighted by molar-refractivity contribution is 0.0726. The van der Waals surface area contributed by atoms with Crippen molar-refractivity contribution in [2.75, 3.05) is 21.1 Å². The quantitative estimate of drug-likeness (QED) is 0.834. The van der Waals surface area contributed by atoms with Gasteiger partial charge in [0.15, 0.2) is 0 Å². The van der Waals surface area contributed by atoms with Gasteiger partial charge in [-0.2, -0.15) is 0 Å². The molecule has 2 saturated carbocycles. The average molecular weight is 329 g/mol. The second-order valence-corrected chi connectivity index (χ2v) is 8.43. The van der Waals surface area contributed by atoms with Gasteiger partial charge in [0.25, 0.3) is 5.91 Å². The molecule has 1 aromatic rings. The third kappa shape index (κ3) is 3.37. The van der Waals surface area contributed by atoms with Crippen molar-refractivity contribution in [3.63, 3.8) is 0 Å². The fourth-order valence-electron chi connectivity index (χ4n) is 4.67. The summed E-state index contributed by atoms with van der Waals surface area (Å²) in [6, 6.07) is 9.33. The number of carbonyl (C=O) groups is 1. The molecule has 0 radical (unpaired) electrons. The van der Waals surface area contributed by atoms with Crippen LogP contribution in [-0.4, -0.2) is 48.9 Å². The lowest BCUT2D eigenvalue weighted by Crippen LogP contribution is -2.36. The van der Waals surface area contributed by atoms with E-state index in [2.05, 4.69) is 45.0 Å². The average Bonchev–Trinajstić information content (AvgIpc) is 3.12. The molecule has 0 bridgehead atoms. The molecule has 1 amide bonds. The molecule has 0 N–H and O–H groups in total. The topological polar surface area (TPSA) is 23.6 Å². The first-order valence-corrected chi connectivity index (χ1v) is 9.40. The molecule has 132 valence electrons. The van der Waals surface area contributed by atoms with Gasteiger partial charge in [0.2, 0.25) is 0 Å². The van der Waals surface area contributed by atoms with Crippen LogP contribution >= 0.6 is 0 Å². The van der Waals surface area contributed by atoms with E-state index in [-0.39, 0.29) is 5.91 Å². The largest absolute Gasteiger partial charge is 0.339 e. The minimum atomic E-state index is 0.180. The second-order valence-electron chi connectivity index (χ2n) is 8.43. The van der Waals surface area contributed by atoms with Crippen LogP contribution in [-0.2, 0) is 0 Å². The van der Waals surface area contributed by atoms with Gasteiger partial charge in [0, 0.05) is 24.7 Å². The number of fused-ring (bicyclic) bond motifs is 1. The number of benzene rings is 1. The predicted molar refractivity (Wildman–Crippen MR) is 99.3 cm³/mol. The monoisotopic (exact) mass is 328 g/mol. The van der Waals surface area contributed by atoms with Crippen molar-refractivity contribution >= 4 is 5.91 Å². The molecule has 0 aliphatic heterocycles. The predicted octanol–water partition coefficient (Wildman–Crippen LogP) is 4.00. The van der Waals surface area contributed by atoms with Gasteiger partial charge >= 0.3 is 0 Å². The van der Waals surface area contributed by atoms with Crippen LogP contribution in [0, 0.1) is 11.8 Å². The molecule has 2 unspecified atom stereocenters. The second kappa shape index (κ2) is 6.87. The van der Waals surface area contributed by atoms with Crippen molar-refractivity contribution in [1.82, 2.24) is 9.80 Å². The van der Waals surface area contributed by atoms with E-state index in [4.69, 9.17) is 0 Å². The number of nitrogens with zero attached hydrogens (tertiary/aromatic N) is 2. The van der Waals surface area contributed by atoms with Crippen LogP contribution in [0.15, 0.2) is 24.3 Å². The van der Waals surface area contributed by atoms with Crippen LogP contribution < -0.4 is 0 Å². The molecule has 3 rings (SSSR count). The van der Waals surface area contributed by atoms with Crippen LogP contribution in [0.2, 0.25) is 0 Å². The van der Waals surface area contributed by atoms with Gasteiger partial charge in [0.1, 0.15) is 0 Å². The Morgan fingerprint density at radius 3 is 1.88 bits per heavy atom. The summed E-state index contributed by atoms with van der Waals surface area (Å²) >= 11 is 0. The minimum Gasteiger partial charge on any atom is -0.339 e. The maximum absolute atomic E-state index is 12.8. The molecular weight excluding hydrogens is 296 g/mol. The summed E-state index contributed by atoms with van der Waals surface area (Å²) in [5, 5.41) is 0. The SMILES string of the molecule is CC(C)c1ccc(C(=O)N(C)C2C[C@H]3CC(N(C)C)C[C@H]3C2)cc1. The normalized spacial score (nSPS) is 29.3. The van der Waals surface area contributed by atoms with Crippen LogP contribution in [0.3, 0.4) is 0 Å². The summed E-state index contributed by atoms with van der Waals surface area (Å²) in [6.07, 6.45) is 4.97. The van der Waals surface area contributed by atoms with Crippen molar-refractivity contribution in [1.29, 1.82) is 0 Å². The van der Waals surface area contributed by atoms with E-state index in [0.717, 1.165) is 23.4 Å². The van der Waals surface area contributed by atoms with Gasteiger partial charge in [-0.15, -0.1) is 0 Å². The van der Waals surface area contributed by atoms with E-state index in [1.807, 2.05) is 24.1 Å². The fraction of sp³-hybridized carbons (Fsp3) is 0.667. The van der Waals surface area contributed by atoms with Crippen molar-refractivity contribution in [2.24, 2.45) is 11.8 Å². The summed E-state index contributed by atoms with van der Waals surface area (Å²) in [6.45, 7) is 4.36. The van der Waals surface area contributed by atoms with E-state index in [1.165, 1.54) is 31.2 Å². The Kier molecular flexibility index (Phi) is 5.00. The molecule has 2 fully saturated rings. The van der Waals surface area contributed by atoms with Gasteiger partial charge in [-0.05, 0) is 75.2 Å². The van der Waals surface area contributed by atoms with E-state index in [1.54, 1.807) is 0 Å². The van der Waals surface area contributed by atoms with Gasteiger partial charge < -0.3 is 9.80 Å². The van der Waals surface area contributed by atoms with Gasteiger partial charge in [-0.3, -0.25) is 4.79 Å². The first-order chi connectivity index (χ1) is 11.4. The van der Waals surface area contributed by atoms with Crippen molar-refractivity contribution < 1.29 is 4.79 Å².